The third kappa shape index (κ3) is 2.49. The maximum atomic E-state index is 9.42. The first kappa shape index (κ1) is 12.5. The Hall–Kier alpha value is -0.960. The lowest BCUT2D eigenvalue weighted by Crippen LogP contribution is -1.89. The second-order valence-corrected chi connectivity index (χ2v) is 4.80. The molecule has 1 N–H and O–H groups in total. The number of nitrogens with zero attached hydrogens (tertiary/aromatic N) is 1. The van der Waals surface area contributed by atoms with Gasteiger partial charge in [-0.2, -0.15) is 0 Å². The molecule has 0 aliphatic rings. The Labute approximate surface area is 114 Å². The number of hydrogen-bond donors (Lipinski definition) is 1. The van der Waals surface area contributed by atoms with E-state index in [1.165, 1.54) is 0 Å². The third-order valence-electron chi connectivity index (χ3n) is 2.32. The molecule has 17 heavy (non-hydrogen) atoms. The van der Waals surface area contributed by atoms with Crippen LogP contribution >= 0.6 is 34.8 Å². The Morgan fingerprint density at radius 2 is 1.65 bits per heavy atom. The van der Waals surface area contributed by atoms with E-state index in [0.29, 0.717) is 32.0 Å². The molecule has 0 amide bonds. The van der Waals surface area contributed by atoms with Crippen LogP contribution in [0.25, 0.3) is 11.3 Å². The maximum Gasteiger partial charge on any atom is 0.136 e. The lowest BCUT2D eigenvalue weighted by molar-refractivity contribution is 0.468. The Morgan fingerprint density at radius 1 is 1.06 bits per heavy atom. The minimum atomic E-state index is 0.134. The van der Waals surface area contributed by atoms with Gasteiger partial charge >= 0.3 is 0 Å². The quantitative estimate of drug-likeness (QED) is 0.823. The molecule has 2 rings (SSSR count). The van der Waals surface area contributed by atoms with Crippen molar-refractivity contribution in [2.45, 2.75) is 6.92 Å². The molecule has 1 aromatic heterocycles. The molecule has 1 heterocycles. The Bertz CT molecular complexity index is 561. The molecule has 0 unspecified atom stereocenters. The van der Waals surface area contributed by atoms with Gasteiger partial charge in [-0.05, 0) is 31.2 Å². The number of aromatic hydroxyl groups is 1. The zero-order chi connectivity index (χ0) is 12.6. The molecule has 0 atom stereocenters. The standard InChI is InChI=1S/C12H8Cl3NO/c1-6-11(17)3-2-10(16-6)12-8(14)4-7(13)5-9(12)15/h2-5,17H,1H3. The van der Waals surface area contributed by atoms with Crippen LogP contribution in [-0.4, -0.2) is 10.1 Å². The molecule has 88 valence electrons. The van der Waals surface area contributed by atoms with E-state index in [-0.39, 0.29) is 5.75 Å². The van der Waals surface area contributed by atoms with Crippen LogP contribution in [0.1, 0.15) is 5.69 Å². The molecule has 1 aromatic carbocycles. The van der Waals surface area contributed by atoms with Crippen LogP contribution in [0.5, 0.6) is 5.75 Å². The normalized spacial score (nSPS) is 10.6. The van der Waals surface area contributed by atoms with Crippen LogP contribution in [0.2, 0.25) is 15.1 Å². The summed E-state index contributed by atoms with van der Waals surface area (Å²) in [7, 11) is 0. The number of aryl methyl sites for hydroxylation is 1. The van der Waals surface area contributed by atoms with Gasteiger partial charge in [-0.25, -0.2) is 4.98 Å². The fraction of sp³-hybridized carbons (Fsp3) is 0.0833. The van der Waals surface area contributed by atoms with E-state index in [2.05, 4.69) is 4.98 Å². The van der Waals surface area contributed by atoms with Crippen LogP contribution in [0.15, 0.2) is 24.3 Å². The van der Waals surface area contributed by atoms with Crippen LogP contribution in [0.3, 0.4) is 0 Å². The molecule has 2 aromatic rings. The van der Waals surface area contributed by atoms with E-state index in [0.717, 1.165) is 0 Å². The second-order valence-electron chi connectivity index (χ2n) is 3.55. The molecule has 0 aliphatic heterocycles. The average molecular weight is 289 g/mol. The zero-order valence-corrected chi connectivity index (χ0v) is 11.1. The maximum absolute atomic E-state index is 9.42. The Balaban J connectivity index is 2.64. The zero-order valence-electron chi connectivity index (χ0n) is 8.84. The van der Waals surface area contributed by atoms with Gasteiger partial charge in [-0.1, -0.05) is 34.8 Å². The van der Waals surface area contributed by atoms with Crippen molar-refractivity contribution in [3.8, 4) is 17.0 Å². The van der Waals surface area contributed by atoms with Crippen LogP contribution in [0, 0.1) is 6.92 Å². The lowest BCUT2D eigenvalue weighted by Gasteiger charge is -2.08. The van der Waals surface area contributed by atoms with Crippen molar-refractivity contribution in [2.24, 2.45) is 0 Å². The van der Waals surface area contributed by atoms with Crippen molar-refractivity contribution >= 4 is 34.8 Å². The largest absolute Gasteiger partial charge is 0.506 e. The van der Waals surface area contributed by atoms with E-state index in [9.17, 15) is 5.11 Å². The predicted molar refractivity (Wildman–Crippen MR) is 71.1 cm³/mol. The highest BCUT2D eigenvalue weighted by molar-refractivity contribution is 6.41. The van der Waals surface area contributed by atoms with E-state index in [1.807, 2.05) is 0 Å². The summed E-state index contributed by atoms with van der Waals surface area (Å²) in [6.07, 6.45) is 0. The predicted octanol–water partition coefficient (Wildman–Crippen LogP) is 4.72. The molecule has 0 aliphatic carbocycles. The SMILES string of the molecule is Cc1nc(-c2c(Cl)cc(Cl)cc2Cl)ccc1O. The molecule has 0 fully saturated rings. The summed E-state index contributed by atoms with van der Waals surface area (Å²) in [5.74, 6) is 0.134. The van der Waals surface area contributed by atoms with Gasteiger partial charge in [0.1, 0.15) is 5.75 Å². The van der Waals surface area contributed by atoms with Gasteiger partial charge in [-0.15, -0.1) is 0 Å². The lowest BCUT2D eigenvalue weighted by atomic mass is 10.1. The van der Waals surface area contributed by atoms with Gasteiger partial charge in [0.2, 0.25) is 0 Å². The summed E-state index contributed by atoms with van der Waals surface area (Å²) in [6, 6.07) is 6.42. The molecule has 0 spiro atoms. The van der Waals surface area contributed by atoms with Crippen LogP contribution in [-0.2, 0) is 0 Å². The summed E-state index contributed by atoms with van der Waals surface area (Å²) in [4.78, 5) is 4.23. The van der Waals surface area contributed by atoms with Crippen LogP contribution < -0.4 is 0 Å². The van der Waals surface area contributed by atoms with Gasteiger partial charge in [-0.3, -0.25) is 0 Å². The van der Waals surface area contributed by atoms with Crippen molar-refractivity contribution in [3.05, 3.63) is 45.0 Å². The second kappa shape index (κ2) is 4.73. The molecule has 0 saturated carbocycles. The molecule has 2 nitrogen and oxygen atoms in total. The summed E-state index contributed by atoms with van der Waals surface area (Å²) >= 11 is 18.0. The molecule has 5 heteroatoms. The van der Waals surface area contributed by atoms with Crippen molar-refractivity contribution in [1.29, 1.82) is 0 Å². The van der Waals surface area contributed by atoms with Gasteiger partial charge < -0.3 is 5.11 Å². The van der Waals surface area contributed by atoms with E-state index in [4.69, 9.17) is 34.8 Å². The monoisotopic (exact) mass is 287 g/mol. The van der Waals surface area contributed by atoms with Gasteiger partial charge in [0.25, 0.3) is 0 Å². The highest BCUT2D eigenvalue weighted by atomic mass is 35.5. The molecular formula is C12H8Cl3NO. The molecular weight excluding hydrogens is 280 g/mol. The number of benzene rings is 1. The summed E-state index contributed by atoms with van der Waals surface area (Å²) in [6.45, 7) is 1.70. The minimum absolute atomic E-state index is 0.134. The van der Waals surface area contributed by atoms with Crippen molar-refractivity contribution in [3.63, 3.8) is 0 Å². The van der Waals surface area contributed by atoms with Gasteiger partial charge in [0, 0.05) is 10.6 Å². The number of hydrogen-bond acceptors (Lipinski definition) is 2. The Kier molecular flexibility index (Phi) is 3.48. The first-order valence-electron chi connectivity index (χ1n) is 4.80. The average Bonchev–Trinajstić information content (AvgIpc) is 2.21. The van der Waals surface area contributed by atoms with Gasteiger partial charge in [0.15, 0.2) is 0 Å². The minimum Gasteiger partial charge on any atom is -0.506 e. The molecule has 0 saturated heterocycles. The van der Waals surface area contributed by atoms with E-state index < -0.39 is 0 Å². The highest BCUT2D eigenvalue weighted by Crippen LogP contribution is 2.36. The third-order valence-corrected chi connectivity index (χ3v) is 3.14. The highest BCUT2D eigenvalue weighted by Gasteiger charge is 2.12. The fourth-order valence-corrected chi connectivity index (χ4v) is 2.49. The first-order valence-corrected chi connectivity index (χ1v) is 5.94. The van der Waals surface area contributed by atoms with E-state index >= 15 is 0 Å². The van der Waals surface area contributed by atoms with Crippen molar-refractivity contribution < 1.29 is 5.11 Å². The van der Waals surface area contributed by atoms with Crippen LogP contribution in [0.4, 0.5) is 0 Å². The number of rotatable bonds is 1. The smallest absolute Gasteiger partial charge is 0.136 e. The summed E-state index contributed by atoms with van der Waals surface area (Å²) < 4.78 is 0. The van der Waals surface area contributed by atoms with Gasteiger partial charge in [0.05, 0.1) is 21.4 Å². The fourth-order valence-electron chi connectivity index (χ4n) is 1.48. The number of aromatic nitrogens is 1. The summed E-state index contributed by atoms with van der Waals surface area (Å²) in [5, 5.41) is 10.8. The first-order chi connectivity index (χ1) is 7.99. The Morgan fingerprint density at radius 3 is 2.18 bits per heavy atom. The molecule has 0 radical (unpaired) electrons. The van der Waals surface area contributed by atoms with Crippen molar-refractivity contribution in [2.75, 3.05) is 0 Å². The van der Waals surface area contributed by atoms with Crippen molar-refractivity contribution in [1.82, 2.24) is 4.98 Å². The number of pyridine rings is 1. The molecule has 0 bridgehead atoms. The summed E-state index contributed by atoms with van der Waals surface area (Å²) in [5.41, 5.74) is 1.73. The number of halogens is 3. The van der Waals surface area contributed by atoms with E-state index in [1.54, 1.807) is 31.2 Å². The topological polar surface area (TPSA) is 33.1 Å².